The summed E-state index contributed by atoms with van der Waals surface area (Å²) in [5.74, 6) is -2.54. The van der Waals surface area contributed by atoms with Crippen LogP contribution in [0.1, 0.15) is 18.4 Å². The monoisotopic (exact) mass is 271 g/mol. The number of rotatable bonds is 6. The molecule has 1 aromatic carbocycles. The fourth-order valence-corrected chi connectivity index (χ4v) is 1.57. The minimum Gasteiger partial charge on any atom is -0.481 e. The number of carboxylic acid groups (broad SMARTS) is 1. The molecule has 0 saturated carbocycles. The summed E-state index contributed by atoms with van der Waals surface area (Å²) in [5, 5.41) is 8.47. The van der Waals surface area contributed by atoms with E-state index in [2.05, 4.69) is 0 Å². The van der Waals surface area contributed by atoms with Crippen molar-refractivity contribution < 1.29 is 23.5 Å². The largest absolute Gasteiger partial charge is 0.481 e. The molecule has 1 rings (SSSR count). The lowest BCUT2D eigenvalue weighted by Crippen LogP contribution is -2.29. The topological polar surface area (TPSA) is 57.6 Å². The van der Waals surface area contributed by atoms with Gasteiger partial charge in [0.2, 0.25) is 5.91 Å². The lowest BCUT2D eigenvalue weighted by molar-refractivity contribution is -0.138. The number of hydrogen-bond acceptors (Lipinski definition) is 2. The molecule has 0 aromatic heterocycles. The van der Waals surface area contributed by atoms with Crippen LogP contribution >= 0.6 is 0 Å². The number of carbonyl (C=O) groups excluding carboxylic acids is 1. The van der Waals surface area contributed by atoms with Crippen LogP contribution < -0.4 is 0 Å². The molecule has 104 valence electrons. The van der Waals surface area contributed by atoms with Crippen molar-refractivity contribution in [3.05, 3.63) is 35.4 Å². The third kappa shape index (κ3) is 5.03. The average Bonchev–Trinajstić information content (AvgIpc) is 2.33. The third-order valence-electron chi connectivity index (χ3n) is 2.66. The molecule has 0 bridgehead atoms. The predicted molar refractivity (Wildman–Crippen MR) is 64.6 cm³/mol. The molecular weight excluding hydrogens is 256 g/mol. The molecule has 0 heterocycles. The number of hydrogen-bond donors (Lipinski definition) is 1. The maximum atomic E-state index is 13.3. The van der Waals surface area contributed by atoms with E-state index in [4.69, 9.17) is 5.11 Å². The van der Waals surface area contributed by atoms with Crippen molar-refractivity contribution in [2.24, 2.45) is 0 Å². The molecule has 0 unspecified atom stereocenters. The minimum absolute atomic E-state index is 0.00455. The van der Waals surface area contributed by atoms with Crippen molar-refractivity contribution in [1.82, 2.24) is 4.90 Å². The SMILES string of the molecule is CN(CCCC(=O)O)C(=O)Cc1cc(F)ccc1F. The lowest BCUT2D eigenvalue weighted by Gasteiger charge is -2.16. The van der Waals surface area contributed by atoms with Gasteiger partial charge >= 0.3 is 5.97 Å². The van der Waals surface area contributed by atoms with Crippen molar-refractivity contribution in [3.63, 3.8) is 0 Å². The Morgan fingerprint density at radius 2 is 2.00 bits per heavy atom. The van der Waals surface area contributed by atoms with E-state index in [-0.39, 0.29) is 30.9 Å². The fourth-order valence-electron chi connectivity index (χ4n) is 1.57. The minimum atomic E-state index is -0.933. The fraction of sp³-hybridized carbons (Fsp3) is 0.385. The van der Waals surface area contributed by atoms with Gasteiger partial charge in [-0.15, -0.1) is 0 Å². The summed E-state index contributed by atoms with van der Waals surface area (Å²) in [4.78, 5) is 23.4. The highest BCUT2D eigenvalue weighted by Gasteiger charge is 2.13. The van der Waals surface area contributed by atoms with Gasteiger partial charge in [-0.05, 0) is 24.6 Å². The Morgan fingerprint density at radius 1 is 1.32 bits per heavy atom. The van der Waals surface area contributed by atoms with E-state index in [1.807, 2.05) is 0 Å². The second-order valence-electron chi connectivity index (χ2n) is 4.23. The number of likely N-dealkylation sites (N-methyl/N-ethyl adjacent to an activating group) is 1. The Kier molecular flexibility index (Phi) is 5.41. The van der Waals surface area contributed by atoms with E-state index in [0.717, 1.165) is 18.2 Å². The third-order valence-corrected chi connectivity index (χ3v) is 2.66. The van der Waals surface area contributed by atoms with Crippen LogP contribution in [0.5, 0.6) is 0 Å². The molecule has 0 radical (unpaired) electrons. The summed E-state index contributed by atoms with van der Waals surface area (Å²) in [6.45, 7) is 0.266. The van der Waals surface area contributed by atoms with Crippen LogP contribution in [0.2, 0.25) is 0 Å². The van der Waals surface area contributed by atoms with E-state index in [1.165, 1.54) is 11.9 Å². The summed E-state index contributed by atoms with van der Waals surface area (Å²) < 4.78 is 26.3. The molecule has 1 amide bonds. The highest BCUT2D eigenvalue weighted by Crippen LogP contribution is 2.11. The molecule has 1 N–H and O–H groups in total. The maximum Gasteiger partial charge on any atom is 0.303 e. The van der Waals surface area contributed by atoms with Gasteiger partial charge in [0.25, 0.3) is 0 Å². The molecular formula is C13H15F2NO3. The van der Waals surface area contributed by atoms with Crippen LogP contribution in [0.25, 0.3) is 0 Å². The van der Waals surface area contributed by atoms with E-state index in [9.17, 15) is 18.4 Å². The van der Waals surface area contributed by atoms with E-state index < -0.39 is 17.6 Å². The van der Waals surface area contributed by atoms with Gasteiger partial charge in [-0.25, -0.2) is 8.78 Å². The molecule has 4 nitrogen and oxygen atoms in total. The molecule has 6 heteroatoms. The zero-order chi connectivity index (χ0) is 14.4. The number of amides is 1. The van der Waals surface area contributed by atoms with E-state index in [1.54, 1.807) is 0 Å². The quantitative estimate of drug-likeness (QED) is 0.858. The van der Waals surface area contributed by atoms with Crippen LogP contribution in [0.3, 0.4) is 0 Å². The molecule has 0 aliphatic carbocycles. The number of carbonyl (C=O) groups is 2. The summed E-state index contributed by atoms with van der Waals surface area (Å²) in [6.07, 6.45) is 0.0440. The van der Waals surface area contributed by atoms with Gasteiger partial charge in [-0.1, -0.05) is 0 Å². The van der Waals surface area contributed by atoms with Crippen LogP contribution in [0, 0.1) is 11.6 Å². The van der Waals surface area contributed by atoms with Crippen molar-refractivity contribution in [1.29, 1.82) is 0 Å². The van der Waals surface area contributed by atoms with Crippen LogP contribution in [-0.4, -0.2) is 35.5 Å². The first-order valence-electron chi connectivity index (χ1n) is 5.80. The number of halogens is 2. The predicted octanol–water partition coefficient (Wildman–Crippen LogP) is 1.83. The number of aliphatic carboxylic acids is 1. The Morgan fingerprint density at radius 3 is 2.63 bits per heavy atom. The summed E-state index contributed by atoms with van der Waals surface area (Å²) >= 11 is 0. The highest BCUT2D eigenvalue weighted by molar-refractivity contribution is 5.78. The Balaban J connectivity index is 2.54. The normalized spacial score (nSPS) is 10.3. The number of nitrogens with zero attached hydrogens (tertiary/aromatic N) is 1. The van der Waals surface area contributed by atoms with Crippen molar-refractivity contribution in [3.8, 4) is 0 Å². The van der Waals surface area contributed by atoms with Gasteiger partial charge in [0, 0.05) is 25.6 Å². The van der Waals surface area contributed by atoms with E-state index in [0.29, 0.717) is 6.42 Å². The van der Waals surface area contributed by atoms with E-state index >= 15 is 0 Å². The Labute approximate surface area is 109 Å². The first-order valence-corrected chi connectivity index (χ1v) is 5.80. The van der Waals surface area contributed by atoms with Crippen LogP contribution in [-0.2, 0) is 16.0 Å². The van der Waals surface area contributed by atoms with Gasteiger partial charge < -0.3 is 10.0 Å². The molecule has 0 aliphatic heterocycles. The second-order valence-corrected chi connectivity index (χ2v) is 4.23. The Bertz CT molecular complexity index is 477. The van der Waals surface area contributed by atoms with Crippen molar-refractivity contribution >= 4 is 11.9 Å². The lowest BCUT2D eigenvalue weighted by atomic mass is 10.1. The summed E-state index contributed by atoms with van der Waals surface area (Å²) in [5.41, 5.74) is -0.00455. The van der Waals surface area contributed by atoms with Crippen LogP contribution in [0.4, 0.5) is 8.78 Å². The zero-order valence-corrected chi connectivity index (χ0v) is 10.5. The van der Waals surface area contributed by atoms with Gasteiger partial charge in [0.15, 0.2) is 0 Å². The molecule has 0 fully saturated rings. The van der Waals surface area contributed by atoms with Crippen molar-refractivity contribution in [2.75, 3.05) is 13.6 Å². The molecule has 19 heavy (non-hydrogen) atoms. The molecule has 0 saturated heterocycles. The molecule has 0 spiro atoms. The van der Waals surface area contributed by atoms with Gasteiger partial charge in [0.1, 0.15) is 11.6 Å². The first kappa shape index (κ1) is 15.1. The van der Waals surface area contributed by atoms with Gasteiger partial charge in [0.05, 0.1) is 6.42 Å². The second kappa shape index (κ2) is 6.82. The van der Waals surface area contributed by atoms with Gasteiger partial charge in [-0.2, -0.15) is 0 Å². The summed E-state index contributed by atoms with van der Waals surface area (Å²) in [6, 6.07) is 2.95. The number of benzene rings is 1. The smallest absolute Gasteiger partial charge is 0.303 e. The molecule has 1 aromatic rings. The standard InChI is InChI=1S/C13H15F2NO3/c1-16(6-2-3-13(18)19)12(17)8-9-7-10(14)4-5-11(9)15/h4-5,7H,2-3,6,8H2,1H3,(H,18,19). The maximum absolute atomic E-state index is 13.3. The zero-order valence-electron chi connectivity index (χ0n) is 10.5. The van der Waals surface area contributed by atoms with Crippen molar-refractivity contribution in [2.45, 2.75) is 19.3 Å². The number of carboxylic acids is 1. The Hall–Kier alpha value is -1.98. The highest BCUT2D eigenvalue weighted by atomic mass is 19.1. The van der Waals surface area contributed by atoms with Crippen LogP contribution in [0.15, 0.2) is 18.2 Å². The molecule has 0 atom stereocenters. The average molecular weight is 271 g/mol. The molecule has 0 aliphatic rings. The van der Waals surface area contributed by atoms with Gasteiger partial charge in [-0.3, -0.25) is 9.59 Å². The first-order chi connectivity index (χ1) is 8.90. The summed E-state index contributed by atoms with van der Waals surface area (Å²) in [7, 11) is 1.50.